The van der Waals surface area contributed by atoms with Crippen LogP contribution in [0.2, 0.25) is 0 Å². The highest BCUT2D eigenvalue weighted by Crippen LogP contribution is 2.28. The molecule has 3 aromatic rings. The fourth-order valence-electron chi connectivity index (χ4n) is 2.73. The molecule has 5 nitrogen and oxygen atoms in total. The molecule has 28 heavy (non-hydrogen) atoms. The Hall–Kier alpha value is -2.12. The molecule has 3 rings (SSSR count). The zero-order valence-electron chi connectivity index (χ0n) is 16.9. The number of hydrogen-bond acceptors (Lipinski definition) is 5. The molecule has 2 heterocycles. The first-order chi connectivity index (χ1) is 13.3. The van der Waals surface area contributed by atoms with Gasteiger partial charge in [-0.05, 0) is 29.3 Å². The van der Waals surface area contributed by atoms with Gasteiger partial charge < -0.3 is 9.88 Å². The second-order valence-electron chi connectivity index (χ2n) is 7.75. The van der Waals surface area contributed by atoms with Gasteiger partial charge in [0.1, 0.15) is 0 Å². The van der Waals surface area contributed by atoms with Gasteiger partial charge >= 0.3 is 0 Å². The van der Waals surface area contributed by atoms with E-state index in [4.69, 9.17) is 0 Å². The van der Waals surface area contributed by atoms with E-state index in [0.29, 0.717) is 6.54 Å². The van der Waals surface area contributed by atoms with E-state index in [1.54, 1.807) is 11.3 Å². The molecular weight excluding hydrogens is 388 g/mol. The van der Waals surface area contributed by atoms with Gasteiger partial charge in [-0.2, -0.15) is 0 Å². The number of nitrogens with zero attached hydrogens (tertiary/aromatic N) is 3. The molecule has 0 spiro atoms. The van der Waals surface area contributed by atoms with Crippen molar-refractivity contribution in [1.82, 2.24) is 20.1 Å². The van der Waals surface area contributed by atoms with Crippen LogP contribution < -0.4 is 5.32 Å². The number of amides is 1. The van der Waals surface area contributed by atoms with Crippen molar-refractivity contribution >= 4 is 29.0 Å². The summed E-state index contributed by atoms with van der Waals surface area (Å²) in [5, 5.41) is 14.1. The number of benzene rings is 1. The van der Waals surface area contributed by atoms with Gasteiger partial charge in [-0.3, -0.25) is 4.79 Å². The van der Waals surface area contributed by atoms with Gasteiger partial charge in [0.15, 0.2) is 11.0 Å². The predicted octanol–water partition coefficient (Wildman–Crippen LogP) is 4.64. The fraction of sp³-hybridized carbons (Fsp3) is 0.381. The maximum atomic E-state index is 12.4. The summed E-state index contributed by atoms with van der Waals surface area (Å²) in [5.74, 6) is 0.798. The molecule has 0 bridgehead atoms. The maximum Gasteiger partial charge on any atom is 0.233 e. The number of hydrogen-bond donors (Lipinski definition) is 1. The third kappa shape index (κ3) is 4.83. The third-order valence-corrected chi connectivity index (χ3v) is 6.52. The Kier molecular flexibility index (Phi) is 6.25. The van der Waals surface area contributed by atoms with E-state index in [9.17, 15) is 4.79 Å². The van der Waals surface area contributed by atoms with Gasteiger partial charge in [0.25, 0.3) is 0 Å². The molecule has 1 aromatic carbocycles. The van der Waals surface area contributed by atoms with Gasteiger partial charge in [-0.25, -0.2) is 0 Å². The molecule has 0 aliphatic heterocycles. The van der Waals surface area contributed by atoms with E-state index in [2.05, 4.69) is 60.6 Å². The van der Waals surface area contributed by atoms with Gasteiger partial charge in [0, 0.05) is 17.5 Å². The summed E-state index contributed by atoms with van der Waals surface area (Å²) in [7, 11) is 1.94. The van der Waals surface area contributed by atoms with E-state index in [1.807, 2.05) is 36.1 Å². The van der Waals surface area contributed by atoms with Crippen molar-refractivity contribution < 1.29 is 4.79 Å². The second-order valence-corrected chi connectivity index (χ2v) is 10.1. The van der Waals surface area contributed by atoms with Crippen LogP contribution in [0.1, 0.15) is 38.1 Å². The van der Waals surface area contributed by atoms with E-state index in [-0.39, 0.29) is 16.6 Å². The van der Waals surface area contributed by atoms with Crippen LogP contribution in [0.25, 0.3) is 11.4 Å². The lowest BCUT2D eigenvalue weighted by atomic mass is 9.87. The Morgan fingerprint density at radius 3 is 2.54 bits per heavy atom. The smallest absolute Gasteiger partial charge is 0.233 e. The lowest BCUT2D eigenvalue weighted by molar-refractivity contribution is -0.120. The van der Waals surface area contributed by atoms with Crippen molar-refractivity contribution in [3.8, 4) is 11.4 Å². The van der Waals surface area contributed by atoms with Crippen molar-refractivity contribution in [2.75, 3.05) is 0 Å². The molecular formula is C21H26N4OS2. The fourth-order valence-corrected chi connectivity index (χ4v) is 4.21. The van der Waals surface area contributed by atoms with E-state index >= 15 is 0 Å². The Morgan fingerprint density at radius 1 is 1.21 bits per heavy atom. The molecule has 148 valence electrons. The lowest BCUT2D eigenvalue weighted by Gasteiger charge is -2.19. The van der Waals surface area contributed by atoms with Crippen molar-refractivity contribution in [2.24, 2.45) is 7.05 Å². The van der Waals surface area contributed by atoms with Gasteiger partial charge in [-0.1, -0.05) is 62.9 Å². The Balaban J connectivity index is 1.66. The summed E-state index contributed by atoms with van der Waals surface area (Å²) in [4.78, 5) is 13.5. The molecule has 0 saturated carbocycles. The highest BCUT2D eigenvalue weighted by Gasteiger charge is 2.20. The van der Waals surface area contributed by atoms with Crippen LogP contribution in [0, 0.1) is 0 Å². The molecule has 0 radical (unpaired) electrons. The van der Waals surface area contributed by atoms with E-state index in [1.165, 1.54) is 17.3 Å². The van der Waals surface area contributed by atoms with Crippen LogP contribution in [0.15, 0.2) is 46.9 Å². The lowest BCUT2D eigenvalue weighted by Crippen LogP contribution is -2.30. The second kappa shape index (κ2) is 8.49. The molecule has 1 atom stereocenters. The molecule has 7 heteroatoms. The van der Waals surface area contributed by atoms with Crippen LogP contribution >= 0.6 is 23.1 Å². The summed E-state index contributed by atoms with van der Waals surface area (Å²) in [6, 6.07) is 12.4. The predicted molar refractivity (Wildman–Crippen MR) is 117 cm³/mol. The number of thioether (sulfide) groups is 1. The van der Waals surface area contributed by atoms with Crippen LogP contribution in [0.4, 0.5) is 0 Å². The largest absolute Gasteiger partial charge is 0.350 e. The molecule has 0 aliphatic carbocycles. The van der Waals surface area contributed by atoms with Crippen LogP contribution in [0.5, 0.6) is 0 Å². The minimum Gasteiger partial charge on any atom is -0.350 e. The monoisotopic (exact) mass is 414 g/mol. The molecule has 0 fully saturated rings. The number of thiophene rings is 1. The van der Waals surface area contributed by atoms with Crippen molar-refractivity contribution in [3.63, 3.8) is 0 Å². The maximum absolute atomic E-state index is 12.4. The van der Waals surface area contributed by atoms with Crippen molar-refractivity contribution in [1.29, 1.82) is 0 Å². The topological polar surface area (TPSA) is 59.8 Å². The van der Waals surface area contributed by atoms with Crippen molar-refractivity contribution in [2.45, 2.75) is 50.1 Å². The normalized spacial score (nSPS) is 12.8. The van der Waals surface area contributed by atoms with Crippen LogP contribution in [-0.2, 0) is 23.8 Å². The minimum atomic E-state index is -0.251. The summed E-state index contributed by atoms with van der Waals surface area (Å²) in [6.45, 7) is 9.05. The molecule has 2 aromatic heterocycles. The number of aromatic nitrogens is 3. The highest BCUT2D eigenvalue weighted by molar-refractivity contribution is 8.00. The van der Waals surface area contributed by atoms with Crippen molar-refractivity contribution in [3.05, 3.63) is 52.2 Å². The molecule has 1 amide bonds. The number of carbonyl (C=O) groups excluding carboxylic acids is 1. The zero-order valence-corrected chi connectivity index (χ0v) is 18.5. The number of nitrogens with one attached hydrogen (secondary N) is 1. The third-order valence-electron chi connectivity index (χ3n) is 4.51. The molecule has 1 N–H and O–H groups in total. The van der Waals surface area contributed by atoms with Gasteiger partial charge in [-0.15, -0.1) is 21.5 Å². The van der Waals surface area contributed by atoms with Crippen LogP contribution in [-0.4, -0.2) is 25.9 Å². The molecule has 0 saturated heterocycles. The SMILES string of the molecule is C[C@@H](Sc1nnc(-c2ccc(C(C)(C)C)cc2)n1C)C(=O)NCc1cccs1. The van der Waals surface area contributed by atoms with Gasteiger partial charge in [0.05, 0.1) is 11.8 Å². The number of rotatable bonds is 6. The Bertz CT molecular complexity index is 924. The Morgan fingerprint density at radius 2 is 1.93 bits per heavy atom. The first-order valence-electron chi connectivity index (χ1n) is 9.23. The summed E-state index contributed by atoms with van der Waals surface area (Å²) in [5.41, 5.74) is 2.42. The van der Waals surface area contributed by atoms with E-state index < -0.39 is 0 Å². The number of carbonyl (C=O) groups is 1. The molecule has 0 unspecified atom stereocenters. The summed E-state index contributed by atoms with van der Waals surface area (Å²) >= 11 is 3.06. The molecule has 0 aliphatic rings. The van der Waals surface area contributed by atoms with E-state index in [0.717, 1.165) is 21.4 Å². The quantitative estimate of drug-likeness (QED) is 0.597. The highest BCUT2D eigenvalue weighted by atomic mass is 32.2. The average Bonchev–Trinajstić information content (AvgIpc) is 3.29. The first-order valence-corrected chi connectivity index (χ1v) is 11.0. The van der Waals surface area contributed by atoms with Gasteiger partial charge in [0.2, 0.25) is 5.91 Å². The minimum absolute atomic E-state index is 0.00233. The average molecular weight is 415 g/mol. The Labute approximate surface area is 174 Å². The first kappa shape index (κ1) is 20.6. The summed E-state index contributed by atoms with van der Waals surface area (Å²) in [6.07, 6.45) is 0. The van der Waals surface area contributed by atoms with Crippen LogP contribution in [0.3, 0.4) is 0 Å². The summed E-state index contributed by atoms with van der Waals surface area (Å²) < 4.78 is 1.94. The standard InChI is InChI=1S/C21H26N4OS2/c1-14(19(26)22-13-17-7-6-12-27-17)28-20-24-23-18(25(20)5)15-8-10-16(11-9-15)21(2,3)4/h6-12,14H,13H2,1-5H3,(H,22,26)/t14-/m1/s1. The zero-order chi connectivity index (χ0) is 20.3.